The largest absolute Gasteiger partial charge is 0.497 e. The number of aryl methyl sites for hydroxylation is 1. The highest BCUT2D eigenvalue weighted by atomic mass is 16.5. The molecule has 2 heteroatoms. The fraction of sp³-hybridized carbons (Fsp3) is 0.368. The molecule has 0 heterocycles. The van der Waals surface area contributed by atoms with E-state index in [1.54, 1.807) is 7.11 Å². The summed E-state index contributed by atoms with van der Waals surface area (Å²) in [7, 11) is 1.70. The van der Waals surface area contributed by atoms with E-state index in [-0.39, 0.29) is 0 Å². The van der Waals surface area contributed by atoms with Crippen molar-refractivity contribution in [1.29, 1.82) is 0 Å². The maximum atomic E-state index is 5.23. The van der Waals surface area contributed by atoms with E-state index in [1.165, 1.54) is 16.7 Å². The summed E-state index contributed by atoms with van der Waals surface area (Å²) < 4.78 is 5.23. The van der Waals surface area contributed by atoms with Gasteiger partial charge in [0.05, 0.1) is 7.11 Å². The molecule has 0 spiro atoms. The summed E-state index contributed by atoms with van der Waals surface area (Å²) in [5, 5.41) is 3.69. The van der Waals surface area contributed by atoms with Gasteiger partial charge in [-0.25, -0.2) is 0 Å². The highest BCUT2D eigenvalue weighted by molar-refractivity contribution is 5.30. The van der Waals surface area contributed by atoms with Crippen LogP contribution in [0.1, 0.15) is 36.6 Å². The van der Waals surface area contributed by atoms with Crippen LogP contribution in [-0.2, 0) is 6.54 Å². The van der Waals surface area contributed by atoms with Crippen molar-refractivity contribution in [1.82, 2.24) is 5.32 Å². The SMILES string of the molecule is COc1ccc(C(NCc2ccccc2C)C(C)C)cc1. The van der Waals surface area contributed by atoms with Crippen molar-refractivity contribution in [3.63, 3.8) is 0 Å². The van der Waals surface area contributed by atoms with Crippen LogP contribution >= 0.6 is 0 Å². The van der Waals surface area contributed by atoms with Crippen molar-refractivity contribution < 1.29 is 4.74 Å². The Morgan fingerprint density at radius 2 is 1.67 bits per heavy atom. The first-order valence-electron chi connectivity index (χ1n) is 7.53. The van der Waals surface area contributed by atoms with Gasteiger partial charge in [-0.2, -0.15) is 0 Å². The van der Waals surface area contributed by atoms with Crippen molar-refractivity contribution in [3.8, 4) is 5.75 Å². The number of hydrogen-bond acceptors (Lipinski definition) is 2. The van der Waals surface area contributed by atoms with E-state index < -0.39 is 0 Å². The molecule has 0 aliphatic rings. The normalized spacial score (nSPS) is 12.4. The van der Waals surface area contributed by atoms with Crippen LogP contribution in [0.4, 0.5) is 0 Å². The Bertz CT molecular complexity index is 560. The molecular weight excluding hydrogens is 258 g/mol. The molecule has 1 atom stereocenters. The molecule has 1 N–H and O–H groups in total. The van der Waals surface area contributed by atoms with Crippen LogP contribution in [0.3, 0.4) is 0 Å². The Morgan fingerprint density at radius 1 is 1.00 bits per heavy atom. The Kier molecular flexibility index (Phi) is 5.40. The predicted molar refractivity (Wildman–Crippen MR) is 88.6 cm³/mol. The van der Waals surface area contributed by atoms with Crippen molar-refractivity contribution in [2.24, 2.45) is 5.92 Å². The van der Waals surface area contributed by atoms with Crippen LogP contribution in [-0.4, -0.2) is 7.11 Å². The van der Waals surface area contributed by atoms with Crippen molar-refractivity contribution in [2.75, 3.05) is 7.11 Å². The van der Waals surface area contributed by atoms with Gasteiger partial charge in [-0.1, -0.05) is 50.2 Å². The summed E-state index contributed by atoms with van der Waals surface area (Å²) in [4.78, 5) is 0. The topological polar surface area (TPSA) is 21.3 Å². The number of benzene rings is 2. The molecule has 21 heavy (non-hydrogen) atoms. The molecule has 2 rings (SSSR count). The van der Waals surface area contributed by atoms with Crippen molar-refractivity contribution in [2.45, 2.75) is 33.4 Å². The second kappa shape index (κ2) is 7.28. The van der Waals surface area contributed by atoms with E-state index in [0.29, 0.717) is 12.0 Å². The van der Waals surface area contributed by atoms with Gasteiger partial charge in [-0.3, -0.25) is 0 Å². The lowest BCUT2D eigenvalue weighted by atomic mass is 9.95. The minimum absolute atomic E-state index is 0.343. The lowest BCUT2D eigenvalue weighted by Gasteiger charge is -2.24. The van der Waals surface area contributed by atoms with Crippen molar-refractivity contribution >= 4 is 0 Å². The molecule has 2 nitrogen and oxygen atoms in total. The molecule has 0 amide bonds. The summed E-state index contributed by atoms with van der Waals surface area (Å²) in [5.74, 6) is 1.43. The molecule has 2 aromatic carbocycles. The fourth-order valence-corrected chi connectivity index (χ4v) is 2.58. The summed E-state index contributed by atoms with van der Waals surface area (Å²) in [6.07, 6.45) is 0. The second-order valence-electron chi connectivity index (χ2n) is 5.80. The minimum atomic E-state index is 0.343. The third-order valence-corrected chi connectivity index (χ3v) is 3.92. The molecule has 0 aliphatic carbocycles. The summed E-state index contributed by atoms with van der Waals surface area (Å²) >= 11 is 0. The van der Waals surface area contributed by atoms with E-state index in [2.05, 4.69) is 62.5 Å². The highest BCUT2D eigenvalue weighted by Crippen LogP contribution is 2.24. The van der Waals surface area contributed by atoms with Crippen LogP contribution in [0.2, 0.25) is 0 Å². The summed E-state index contributed by atoms with van der Waals surface area (Å²) in [6, 6.07) is 17.2. The lowest BCUT2D eigenvalue weighted by Crippen LogP contribution is -2.25. The number of methoxy groups -OCH3 is 1. The van der Waals surface area contributed by atoms with Gasteiger partial charge in [0.15, 0.2) is 0 Å². The molecule has 0 aromatic heterocycles. The number of ether oxygens (including phenoxy) is 1. The molecule has 2 aromatic rings. The predicted octanol–water partition coefficient (Wildman–Crippen LogP) is 4.49. The third kappa shape index (κ3) is 4.08. The van der Waals surface area contributed by atoms with Crippen LogP contribution in [0.5, 0.6) is 5.75 Å². The zero-order chi connectivity index (χ0) is 15.2. The quantitative estimate of drug-likeness (QED) is 0.843. The molecule has 112 valence electrons. The lowest BCUT2D eigenvalue weighted by molar-refractivity contribution is 0.404. The van der Waals surface area contributed by atoms with Gasteiger partial charge in [-0.05, 0) is 41.7 Å². The molecule has 0 saturated carbocycles. The highest BCUT2D eigenvalue weighted by Gasteiger charge is 2.15. The Balaban J connectivity index is 2.10. The first kappa shape index (κ1) is 15.6. The minimum Gasteiger partial charge on any atom is -0.497 e. The molecule has 0 radical (unpaired) electrons. The van der Waals surface area contributed by atoms with Gasteiger partial charge in [-0.15, -0.1) is 0 Å². The fourth-order valence-electron chi connectivity index (χ4n) is 2.58. The van der Waals surface area contributed by atoms with Gasteiger partial charge in [0, 0.05) is 12.6 Å². The number of nitrogens with one attached hydrogen (secondary N) is 1. The molecule has 0 aliphatic heterocycles. The maximum absolute atomic E-state index is 5.23. The molecule has 0 saturated heterocycles. The standard InChI is InChI=1S/C19H25NO/c1-14(2)19(16-9-11-18(21-4)12-10-16)20-13-17-8-6-5-7-15(17)3/h5-12,14,19-20H,13H2,1-4H3. The smallest absolute Gasteiger partial charge is 0.118 e. The van der Waals surface area contributed by atoms with Gasteiger partial charge in [0.2, 0.25) is 0 Å². The zero-order valence-electron chi connectivity index (χ0n) is 13.4. The first-order chi connectivity index (χ1) is 10.1. The average Bonchev–Trinajstić information content (AvgIpc) is 2.49. The molecule has 1 unspecified atom stereocenters. The molecule has 0 bridgehead atoms. The number of rotatable bonds is 6. The molecular formula is C19H25NO. The second-order valence-corrected chi connectivity index (χ2v) is 5.80. The Labute approximate surface area is 128 Å². The zero-order valence-corrected chi connectivity index (χ0v) is 13.4. The average molecular weight is 283 g/mol. The van der Waals surface area contributed by atoms with E-state index >= 15 is 0 Å². The van der Waals surface area contributed by atoms with Crippen LogP contribution in [0.25, 0.3) is 0 Å². The molecule has 0 fully saturated rings. The summed E-state index contributed by atoms with van der Waals surface area (Å²) in [6.45, 7) is 7.55. The maximum Gasteiger partial charge on any atom is 0.118 e. The van der Waals surface area contributed by atoms with Crippen LogP contribution in [0.15, 0.2) is 48.5 Å². The van der Waals surface area contributed by atoms with Crippen LogP contribution < -0.4 is 10.1 Å². The Hall–Kier alpha value is -1.80. The van der Waals surface area contributed by atoms with Gasteiger partial charge in [0.1, 0.15) is 5.75 Å². The Morgan fingerprint density at radius 3 is 2.24 bits per heavy atom. The van der Waals surface area contributed by atoms with Crippen molar-refractivity contribution in [3.05, 3.63) is 65.2 Å². The van der Waals surface area contributed by atoms with E-state index in [9.17, 15) is 0 Å². The van der Waals surface area contributed by atoms with E-state index in [4.69, 9.17) is 4.74 Å². The number of hydrogen-bond donors (Lipinski definition) is 1. The van der Waals surface area contributed by atoms with Gasteiger partial charge >= 0.3 is 0 Å². The van der Waals surface area contributed by atoms with E-state index in [1.807, 2.05) is 12.1 Å². The first-order valence-corrected chi connectivity index (χ1v) is 7.53. The third-order valence-electron chi connectivity index (χ3n) is 3.92. The van der Waals surface area contributed by atoms with Gasteiger partial charge < -0.3 is 10.1 Å². The van der Waals surface area contributed by atoms with E-state index in [0.717, 1.165) is 12.3 Å². The van der Waals surface area contributed by atoms with Gasteiger partial charge in [0.25, 0.3) is 0 Å². The van der Waals surface area contributed by atoms with Crippen LogP contribution in [0, 0.1) is 12.8 Å². The summed E-state index contributed by atoms with van der Waals surface area (Å²) in [5.41, 5.74) is 4.00. The monoisotopic (exact) mass is 283 g/mol.